The van der Waals surface area contributed by atoms with Gasteiger partial charge in [-0.15, -0.1) is 17.7 Å². The van der Waals surface area contributed by atoms with E-state index in [1.807, 2.05) is 19.1 Å². The average Bonchev–Trinajstić information content (AvgIpc) is 2.99. The van der Waals surface area contributed by atoms with Gasteiger partial charge >= 0.3 is 21.7 Å². The van der Waals surface area contributed by atoms with Crippen LogP contribution in [0.4, 0.5) is 0 Å². The monoisotopic (exact) mass is 451 g/mol. The number of hydrogen-bond acceptors (Lipinski definition) is 1. The molecule has 1 nitrogen and oxygen atoms in total. The maximum absolute atomic E-state index is 8.81. The third-order valence-electron chi connectivity index (χ3n) is 6.97. The minimum Gasteiger partial charge on any atom is -0.546 e. The molecule has 0 atom stereocenters. The molecule has 1 N–H and O–H groups in total. The van der Waals surface area contributed by atoms with Gasteiger partial charge in [0.2, 0.25) is 0 Å². The third-order valence-corrected chi connectivity index (χ3v) is 6.97. The zero-order chi connectivity index (χ0) is 23.3. The Balaban J connectivity index is 0.000000429. The van der Waals surface area contributed by atoms with E-state index < -0.39 is 0 Å². The van der Waals surface area contributed by atoms with Crippen molar-refractivity contribution in [2.75, 3.05) is 0 Å². The van der Waals surface area contributed by atoms with E-state index in [2.05, 4.69) is 69.2 Å². The first-order valence-corrected chi connectivity index (χ1v) is 10.6. The second-order valence-corrected chi connectivity index (χ2v) is 8.50. The van der Waals surface area contributed by atoms with Gasteiger partial charge in [0.05, 0.1) is 0 Å². The number of benzene rings is 1. The van der Waals surface area contributed by atoms with Gasteiger partial charge < -0.3 is 5.11 Å². The normalized spacial score (nSPS) is 21.4. The second kappa shape index (κ2) is 13.2. The molecule has 2 aliphatic carbocycles. The summed E-state index contributed by atoms with van der Waals surface area (Å²) in [5, 5.41) is 8.81. The minimum absolute atomic E-state index is 0. The molecule has 0 saturated heterocycles. The second-order valence-electron chi connectivity index (χ2n) is 8.50. The van der Waals surface area contributed by atoms with Crippen molar-refractivity contribution in [2.45, 2.75) is 76.2 Å². The van der Waals surface area contributed by atoms with E-state index in [0.29, 0.717) is 5.56 Å². The van der Waals surface area contributed by atoms with Gasteiger partial charge in [0, 0.05) is 0 Å². The molecular weight excluding hydrogens is 412 g/mol. The summed E-state index contributed by atoms with van der Waals surface area (Å²) in [5.41, 5.74) is 1.83. The van der Waals surface area contributed by atoms with E-state index >= 15 is 0 Å². The Hall–Kier alpha value is -0.526. The van der Waals surface area contributed by atoms with Gasteiger partial charge in [-0.2, -0.15) is 0 Å². The molecule has 163 valence electrons. The number of hydrogen-bond donors (Lipinski definition) is 1. The average molecular weight is 451 g/mol. The van der Waals surface area contributed by atoms with E-state index in [-0.39, 0.29) is 27.5 Å². The number of rotatable bonds is 1. The molecule has 3 rings (SSSR count). The first-order valence-electron chi connectivity index (χ1n) is 10.6. The summed E-state index contributed by atoms with van der Waals surface area (Å²) in [6.45, 7) is 29.1. The van der Waals surface area contributed by atoms with Crippen molar-refractivity contribution in [3.63, 3.8) is 0 Å². The van der Waals surface area contributed by atoms with Crippen molar-refractivity contribution in [1.82, 2.24) is 0 Å². The van der Waals surface area contributed by atoms with Crippen molar-refractivity contribution in [2.24, 2.45) is 0 Å². The molecule has 0 spiro atoms. The molecule has 0 bridgehead atoms. The Kier molecular flexibility index (Phi) is 13.0. The molecule has 0 unspecified atom stereocenters. The summed E-state index contributed by atoms with van der Waals surface area (Å²) in [5.74, 6) is 14.6. The fourth-order valence-corrected chi connectivity index (χ4v) is 3.54. The van der Waals surface area contributed by atoms with Crippen molar-refractivity contribution < 1.29 is 26.8 Å². The van der Waals surface area contributed by atoms with E-state index in [1.54, 1.807) is 12.1 Å². The van der Waals surface area contributed by atoms with Crippen LogP contribution in [0.1, 0.15) is 80.4 Å². The molecule has 31 heavy (non-hydrogen) atoms. The van der Waals surface area contributed by atoms with E-state index in [0.717, 1.165) is 5.56 Å². The van der Waals surface area contributed by atoms with Crippen LogP contribution in [-0.2, 0) is 21.7 Å². The molecule has 0 heterocycles. The Labute approximate surface area is 209 Å². The predicted octanol–water partition coefficient (Wildman–Crippen LogP) is 8.27. The summed E-state index contributed by atoms with van der Waals surface area (Å²) in [6, 6.07) is 7.37. The van der Waals surface area contributed by atoms with Crippen molar-refractivity contribution in [1.29, 1.82) is 0 Å². The smallest absolute Gasteiger partial charge is 0.546 e. The molecule has 0 amide bonds. The van der Waals surface area contributed by atoms with Crippen LogP contribution < -0.4 is 0 Å². The zero-order valence-corrected chi connectivity index (χ0v) is 22.9. The Morgan fingerprint density at radius 3 is 0.839 bits per heavy atom. The Morgan fingerprint density at radius 2 is 0.677 bits per heavy atom. The minimum atomic E-state index is -0.125. The van der Waals surface area contributed by atoms with Crippen molar-refractivity contribution in [3.8, 4) is 0 Å². The van der Waals surface area contributed by atoms with Crippen LogP contribution in [0.2, 0.25) is 0 Å². The summed E-state index contributed by atoms with van der Waals surface area (Å²) in [6.07, 6.45) is 0. The molecule has 0 aliphatic heterocycles. The SMILES string of the molecule is C[C]1[C](C)[C](C)[C](C)[C]1C.C[C]1[C](C)[C](C)[C](C)[C]1C.[CH-]=C(O)c1ccc(C)cc1.[Ti+3]. The van der Waals surface area contributed by atoms with Crippen molar-refractivity contribution >= 4 is 5.76 Å². The van der Waals surface area contributed by atoms with E-state index in [9.17, 15) is 0 Å². The van der Waals surface area contributed by atoms with Gasteiger partial charge in [0.25, 0.3) is 0 Å². The molecule has 2 saturated carbocycles. The van der Waals surface area contributed by atoms with Crippen LogP contribution in [0.15, 0.2) is 24.3 Å². The fraction of sp³-hybridized carbons (Fsp3) is 0.379. The number of aliphatic hydroxyl groups excluding tert-OH is 1. The molecule has 2 aliphatic rings. The van der Waals surface area contributed by atoms with Gasteiger partial charge in [0.15, 0.2) is 0 Å². The van der Waals surface area contributed by atoms with Crippen LogP contribution in [0.25, 0.3) is 5.76 Å². The van der Waals surface area contributed by atoms with Crippen LogP contribution in [-0.4, -0.2) is 5.11 Å². The van der Waals surface area contributed by atoms with Gasteiger partial charge in [-0.3, -0.25) is 0 Å². The van der Waals surface area contributed by atoms with Crippen LogP contribution >= 0.6 is 0 Å². The Bertz CT molecular complexity index is 532. The predicted molar refractivity (Wildman–Crippen MR) is 131 cm³/mol. The zero-order valence-electron chi connectivity index (χ0n) is 21.3. The summed E-state index contributed by atoms with van der Waals surface area (Å²) in [4.78, 5) is 0. The molecule has 1 aromatic rings. The summed E-state index contributed by atoms with van der Waals surface area (Å²) >= 11 is 0. The van der Waals surface area contributed by atoms with E-state index in [1.165, 1.54) is 59.2 Å². The van der Waals surface area contributed by atoms with Crippen molar-refractivity contribution in [3.05, 3.63) is 101 Å². The molecule has 11 radical (unpaired) electrons. The largest absolute Gasteiger partial charge is 3.00 e. The molecule has 0 aromatic heterocycles. The van der Waals surface area contributed by atoms with E-state index in [4.69, 9.17) is 11.7 Å². The van der Waals surface area contributed by atoms with Crippen LogP contribution in [0.5, 0.6) is 0 Å². The third kappa shape index (κ3) is 7.78. The fourth-order valence-electron chi connectivity index (χ4n) is 3.54. The molecule has 2 fully saturated rings. The first-order chi connectivity index (χ1) is 13.8. The number of aryl methyl sites for hydroxylation is 1. The summed E-state index contributed by atoms with van der Waals surface area (Å²) < 4.78 is 0. The quantitative estimate of drug-likeness (QED) is 0.259. The summed E-state index contributed by atoms with van der Waals surface area (Å²) in [7, 11) is 0. The van der Waals surface area contributed by atoms with Gasteiger partial charge in [-0.1, -0.05) is 92.7 Å². The van der Waals surface area contributed by atoms with Crippen LogP contribution in [0.3, 0.4) is 0 Å². The topological polar surface area (TPSA) is 20.2 Å². The molecule has 1 aromatic carbocycles. The van der Waals surface area contributed by atoms with Gasteiger partial charge in [-0.05, 0) is 66.1 Å². The Morgan fingerprint density at radius 1 is 0.484 bits per heavy atom. The number of aliphatic hydroxyl groups is 1. The molecule has 2 heteroatoms. The first kappa shape index (κ1) is 30.5. The maximum atomic E-state index is 8.81. The maximum Gasteiger partial charge on any atom is 3.00 e. The van der Waals surface area contributed by atoms with Gasteiger partial charge in [0.1, 0.15) is 0 Å². The van der Waals surface area contributed by atoms with Gasteiger partial charge in [-0.25, -0.2) is 6.58 Å². The molecular formula is C29H39OTi+2. The standard InChI is InChI=1S/2C10H15.C9H9O.Ti/c2*1-6-7(2)9(4)10(5)8(6)3;1-7-3-5-9(6-4-7)8(2)10;/h2*1-5H3;2-6,10H,1H3;/q;;-1;+3. The van der Waals surface area contributed by atoms with Crippen LogP contribution in [0, 0.1) is 72.7 Å².